The standard InChI is InChI=1S/C28H34Cl2N4O5/c1-16-13-23(34(15-16)27(35)25(33-28(36)37-4)21-9-11-38-12-10-21)26-31-14-22(32-26)19-5-7-20(8-6-19)24(17(2)29)18(3)39-30/h5-8,14,16,21,23,25H,3,9-13,15H2,1-2,4H3,(H,31,32)(H,33,36). The number of hydrogen-bond acceptors (Lipinski definition) is 6. The van der Waals surface area contributed by atoms with Crippen molar-refractivity contribution in [3.8, 4) is 11.3 Å². The predicted octanol–water partition coefficient (Wildman–Crippen LogP) is 5.79. The number of ether oxygens (including phenoxy) is 2. The molecule has 2 N–H and O–H groups in total. The van der Waals surface area contributed by atoms with E-state index in [4.69, 9.17) is 37.2 Å². The number of halogens is 2. The van der Waals surface area contributed by atoms with Crippen LogP contribution >= 0.6 is 23.5 Å². The Labute approximate surface area is 238 Å². The molecule has 0 aliphatic carbocycles. The van der Waals surface area contributed by atoms with Crippen LogP contribution < -0.4 is 5.32 Å². The Bertz CT molecular complexity index is 1220. The number of methoxy groups -OCH3 is 1. The van der Waals surface area contributed by atoms with Gasteiger partial charge in [-0.1, -0.05) is 49.4 Å². The highest BCUT2D eigenvalue weighted by Gasteiger charge is 2.42. The number of carbonyl (C=O) groups is 2. The van der Waals surface area contributed by atoms with Crippen LogP contribution in [0.2, 0.25) is 0 Å². The zero-order valence-electron chi connectivity index (χ0n) is 22.3. The maximum absolute atomic E-state index is 13.9. The quantitative estimate of drug-likeness (QED) is 0.304. The Balaban J connectivity index is 1.56. The van der Waals surface area contributed by atoms with Crippen LogP contribution in [0.5, 0.6) is 0 Å². The topological polar surface area (TPSA) is 106 Å². The van der Waals surface area contributed by atoms with E-state index in [1.54, 1.807) is 13.1 Å². The highest BCUT2D eigenvalue weighted by molar-refractivity contribution is 6.33. The van der Waals surface area contributed by atoms with E-state index >= 15 is 0 Å². The first-order valence-corrected chi connectivity index (χ1v) is 13.6. The van der Waals surface area contributed by atoms with Gasteiger partial charge in [-0.15, -0.1) is 0 Å². The van der Waals surface area contributed by atoms with E-state index < -0.39 is 12.1 Å². The number of alkyl carbamates (subject to hydrolysis) is 1. The van der Waals surface area contributed by atoms with Crippen molar-refractivity contribution < 1.29 is 23.4 Å². The molecule has 2 amide bonds. The van der Waals surface area contributed by atoms with Gasteiger partial charge in [0.05, 0.1) is 25.0 Å². The number of aromatic nitrogens is 2. The Morgan fingerprint density at radius 1 is 1.26 bits per heavy atom. The van der Waals surface area contributed by atoms with Gasteiger partial charge in [-0.05, 0) is 49.1 Å². The number of allylic oxidation sites excluding steroid dienone is 2. The van der Waals surface area contributed by atoms with Crippen molar-refractivity contribution in [3.63, 3.8) is 0 Å². The summed E-state index contributed by atoms with van der Waals surface area (Å²) in [5.41, 5.74) is 3.17. The molecule has 39 heavy (non-hydrogen) atoms. The van der Waals surface area contributed by atoms with E-state index in [1.807, 2.05) is 29.2 Å². The van der Waals surface area contributed by atoms with Crippen LogP contribution in [0.3, 0.4) is 0 Å². The molecular weight excluding hydrogens is 543 g/mol. The molecule has 3 heterocycles. The number of nitrogens with one attached hydrogen (secondary N) is 2. The molecule has 210 valence electrons. The van der Waals surface area contributed by atoms with E-state index in [0.717, 1.165) is 23.2 Å². The first kappa shape index (κ1) is 29.0. The first-order valence-electron chi connectivity index (χ1n) is 13.0. The van der Waals surface area contributed by atoms with Gasteiger partial charge in [-0.3, -0.25) is 4.79 Å². The van der Waals surface area contributed by atoms with Crippen LogP contribution in [0, 0.1) is 11.8 Å². The summed E-state index contributed by atoms with van der Waals surface area (Å²) in [5, 5.41) is 3.30. The lowest BCUT2D eigenvalue weighted by atomic mass is 9.90. The van der Waals surface area contributed by atoms with Crippen molar-refractivity contribution in [2.75, 3.05) is 26.9 Å². The van der Waals surface area contributed by atoms with Crippen LogP contribution in [0.1, 0.15) is 50.5 Å². The fraction of sp³-hybridized carbons (Fsp3) is 0.464. The third-order valence-corrected chi connectivity index (χ3v) is 7.74. The van der Waals surface area contributed by atoms with Crippen molar-refractivity contribution in [3.05, 3.63) is 59.2 Å². The number of rotatable bonds is 8. The van der Waals surface area contributed by atoms with E-state index in [1.165, 1.54) is 7.11 Å². The number of nitrogens with zero attached hydrogens (tertiary/aromatic N) is 2. The Kier molecular flexibility index (Phi) is 9.58. The summed E-state index contributed by atoms with van der Waals surface area (Å²) in [4.78, 5) is 35.9. The minimum absolute atomic E-state index is 0.0246. The lowest BCUT2D eigenvalue weighted by Gasteiger charge is -2.34. The number of imidazole rings is 1. The van der Waals surface area contributed by atoms with Gasteiger partial charge in [0.25, 0.3) is 0 Å². The maximum atomic E-state index is 13.9. The molecule has 3 unspecified atom stereocenters. The van der Waals surface area contributed by atoms with Crippen molar-refractivity contribution >= 4 is 41.0 Å². The number of hydrogen-bond donors (Lipinski definition) is 2. The van der Waals surface area contributed by atoms with Gasteiger partial charge < -0.3 is 29.0 Å². The van der Waals surface area contributed by atoms with Gasteiger partial charge in [0.1, 0.15) is 29.5 Å². The normalized spacial score (nSPS) is 21.2. The van der Waals surface area contributed by atoms with E-state index in [0.29, 0.717) is 49.0 Å². The number of carbonyl (C=O) groups excluding carboxylic acids is 2. The van der Waals surface area contributed by atoms with Gasteiger partial charge in [-0.2, -0.15) is 0 Å². The van der Waals surface area contributed by atoms with Crippen LogP contribution in [0.25, 0.3) is 16.8 Å². The van der Waals surface area contributed by atoms with Crippen molar-refractivity contribution in [2.45, 2.75) is 45.2 Å². The number of amides is 2. The first-order chi connectivity index (χ1) is 18.7. The number of benzene rings is 1. The molecule has 0 spiro atoms. The molecule has 0 saturated carbocycles. The number of likely N-dealkylation sites (tertiary alicyclic amines) is 1. The van der Waals surface area contributed by atoms with Crippen LogP contribution in [-0.2, 0) is 18.6 Å². The second-order valence-electron chi connectivity index (χ2n) is 10.1. The minimum atomic E-state index is -0.685. The minimum Gasteiger partial charge on any atom is -0.453 e. The van der Waals surface area contributed by atoms with Gasteiger partial charge >= 0.3 is 6.09 Å². The van der Waals surface area contributed by atoms with Crippen molar-refractivity contribution in [1.82, 2.24) is 20.2 Å². The number of aromatic amines is 1. The summed E-state index contributed by atoms with van der Waals surface area (Å²) in [5.74, 6) is 1.10. The van der Waals surface area contributed by atoms with Gasteiger partial charge in [0.2, 0.25) is 5.91 Å². The summed E-state index contributed by atoms with van der Waals surface area (Å²) in [6.45, 7) is 9.37. The second kappa shape index (κ2) is 12.9. The predicted molar refractivity (Wildman–Crippen MR) is 150 cm³/mol. The van der Waals surface area contributed by atoms with E-state index in [2.05, 4.69) is 28.8 Å². The van der Waals surface area contributed by atoms with E-state index in [9.17, 15) is 9.59 Å². The zero-order valence-corrected chi connectivity index (χ0v) is 23.8. The molecule has 0 radical (unpaired) electrons. The molecule has 0 bridgehead atoms. The molecule has 2 aliphatic heterocycles. The lowest BCUT2D eigenvalue weighted by Crippen LogP contribution is -2.53. The lowest BCUT2D eigenvalue weighted by molar-refractivity contribution is -0.137. The fourth-order valence-electron chi connectivity index (χ4n) is 5.40. The summed E-state index contributed by atoms with van der Waals surface area (Å²) in [6.07, 6.45) is 3.30. The molecule has 1 aromatic heterocycles. The SMILES string of the molecule is C=C(OCl)C(=C(C)Cl)c1ccc(-c2cnc(C3CC(C)CN3C(=O)C(NC(=O)OC)C3CCOCC3)[nH]2)cc1. The average molecular weight is 578 g/mol. The molecule has 2 fully saturated rings. The molecule has 2 saturated heterocycles. The second-order valence-corrected chi connectivity index (χ2v) is 10.8. The van der Waals surface area contributed by atoms with Gasteiger partial charge in [0, 0.05) is 30.4 Å². The van der Waals surface area contributed by atoms with Crippen molar-refractivity contribution in [1.29, 1.82) is 0 Å². The van der Waals surface area contributed by atoms with Crippen LogP contribution in [0.15, 0.2) is 47.8 Å². The van der Waals surface area contributed by atoms with Crippen LogP contribution in [0.4, 0.5) is 4.79 Å². The summed E-state index contributed by atoms with van der Waals surface area (Å²) < 4.78 is 15.1. The molecule has 3 atom stereocenters. The summed E-state index contributed by atoms with van der Waals surface area (Å²) in [6, 6.07) is 6.77. The molecular formula is C28H34Cl2N4O5. The largest absolute Gasteiger partial charge is 0.453 e. The maximum Gasteiger partial charge on any atom is 0.407 e. The highest BCUT2D eigenvalue weighted by atomic mass is 35.5. The molecule has 2 aromatic rings. The third kappa shape index (κ3) is 6.59. The third-order valence-electron chi connectivity index (χ3n) is 7.37. The molecule has 1 aromatic carbocycles. The van der Waals surface area contributed by atoms with Gasteiger partial charge in [0.15, 0.2) is 0 Å². The van der Waals surface area contributed by atoms with E-state index in [-0.39, 0.29) is 29.5 Å². The molecule has 2 aliphatic rings. The Morgan fingerprint density at radius 3 is 2.56 bits per heavy atom. The fourth-order valence-corrected chi connectivity index (χ4v) is 5.69. The summed E-state index contributed by atoms with van der Waals surface area (Å²) in [7, 11) is 1.30. The van der Waals surface area contributed by atoms with Gasteiger partial charge in [-0.25, -0.2) is 9.78 Å². The molecule has 11 heteroatoms. The zero-order chi connectivity index (χ0) is 28.1. The van der Waals surface area contributed by atoms with Crippen molar-refractivity contribution in [2.24, 2.45) is 11.8 Å². The van der Waals surface area contributed by atoms with Crippen LogP contribution in [-0.4, -0.2) is 59.8 Å². The average Bonchev–Trinajstić information content (AvgIpc) is 3.59. The smallest absolute Gasteiger partial charge is 0.407 e. The highest BCUT2D eigenvalue weighted by Crippen LogP contribution is 2.37. The Morgan fingerprint density at radius 2 is 1.95 bits per heavy atom. The number of H-pyrrole nitrogens is 1. The molecule has 4 rings (SSSR count). The Hall–Kier alpha value is -3.01. The summed E-state index contributed by atoms with van der Waals surface area (Å²) >= 11 is 11.7. The molecule has 9 nitrogen and oxygen atoms in total. The monoisotopic (exact) mass is 576 g/mol.